The van der Waals surface area contributed by atoms with Crippen LogP contribution in [0.25, 0.3) is 0 Å². The third kappa shape index (κ3) is 3.75. The molecule has 2 aliphatic rings. The second-order valence-corrected chi connectivity index (χ2v) is 8.15. The summed E-state index contributed by atoms with van der Waals surface area (Å²) >= 11 is 0. The first-order valence-electron chi connectivity index (χ1n) is 9.49. The number of nitrogens with zero attached hydrogens (tertiary/aromatic N) is 4. The van der Waals surface area contributed by atoms with Gasteiger partial charge >= 0.3 is 12.1 Å². The predicted octanol–water partition coefficient (Wildman–Crippen LogP) is 2.64. The van der Waals surface area contributed by atoms with Crippen LogP contribution in [-0.2, 0) is 9.47 Å². The van der Waals surface area contributed by atoms with Crippen molar-refractivity contribution in [3.05, 3.63) is 22.9 Å². The number of nitriles is 1. The number of aryl methyl sites for hydroxylation is 1. The molecule has 8 nitrogen and oxygen atoms in total. The van der Waals surface area contributed by atoms with Crippen LogP contribution >= 0.6 is 0 Å². The number of amides is 1. The summed E-state index contributed by atoms with van der Waals surface area (Å²) < 4.78 is 10.5. The monoisotopic (exact) mass is 386 g/mol. The van der Waals surface area contributed by atoms with Gasteiger partial charge in [0, 0.05) is 13.1 Å². The van der Waals surface area contributed by atoms with Crippen molar-refractivity contribution < 1.29 is 19.1 Å². The molecule has 0 aromatic carbocycles. The summed E-state index contributed by atoms with van der Waals surface area (Å²) in [5.74, 6) is 0.0824. The lowest BCUT2D eigenvalue weighted by Gasteiger charge is -2.36. The SMILES string of the molecule is CCOC(=O)c1cc(C#N)c(N2C[C@@H]3C[C@H]2CN3C(=O)OC(C)(C)C)nc1C. The summed E-state index contributed by atoms with van der Waals surface area (Å²) in [6.07, 6.45) is 0.506. The van der Waals surface area contributed by atoms with Crippen LogP contribution in [0.5, 0.6) is 0 Å². The molecular weight excluding hydrogens is 360 g/mol. The van der Waals surface area contributed by atoms with Gasteiger partial charge in [0.2, 0.25) is 0 Å². The fraction of sp³-hybridized carbons (Fsp3) is 0.600. The van der Waals surface area contributed by atoms with Crippen molar-refractivity contribution in [1.82, 2.24) is 9.88 Å². The molecular formula is C20H26N4O4. The minimum atomic E-state index is -0.534. The van der Waals surface area contributed by atoms with Crippen molar-refractivity contribution >= 4 is 17.9 Å². The minimum Gasteiger partial charge on any atom is -0.462 e. The van der Waals surface area contributed by atoms with Crippen LogP contribution in [0.2, 0.25) is 0 Å². The molecule has 1 aromatic heterocycles. The highest BCUT2D eigenvalue weighted by Crippen LogP contribution is 2.36. The van der Waals surface area contributed by atoms with E-state index in [-0.39, 0.29) is 24.8 Å². The highest BCUT2D eigenvalue weighted by molar-refractivity contribution is 5.91. The molecule has 0 radical (unpaired) electrons. The molecule has 0 unspecified atom stereocenters. The fourth-order valence-corrected chi connectivity index (χ4v) is 3.78. The lowest BCUT2D eigenvalue weighted by Crippen LogP contribution is -2.50. The highest BCUT2D eigenvalue weighted by Gasteiger charge is 2.47. The molecule has 3 rings (SSSR count). The van der Waals surface area contributed by atoms with E-state index >= 15 is 0 Å². The number of likely N-dealkylation sites (tertiary alicyclic amines) is 1. The van der Waals surface area contributed by atoms with Crippen LogP contribution in [0.4, 0.5) is 10.6 Å². The lowest BCUT2D eigenvalue weighted by atomic mass is 10.1. The van der Waals surface area contributed by atoms with E-state index in [0.29, 0.717) is 35.7 Å². The number of carbonyl (C=O) groups excluding carboxylic acids is 2. The molecule has 2 bridgehead atoms. The molecule has 2 fully saturated rings. The Morgan fingerprint density at radius 3 is 2.57 bits per heavy atom. The van der Waals surface area contributed by atoms with Crippen LogP contribution < -0.4 is 4.90 Å². The quantitative estimate of drug-likeness (QED) is 0.737. The normalized spacial score (nSPS) is 20.9. The third-order valence-electron chi connectivity index (χ3n) is 4.95. The van der Waals surface area contributed by atoms with Gasteiger partial charge in [0.15, 0.2) is 0 Å². The maximum atomic E-state index is 12.4. The number of piperazine rings is 1. The van der Waals surface area contributed by atoms with E-state index < -0.39 is 11.6 Å². The Balaban J connectivity index is 1.80. The predicted molar refractivity (Wildman–Crippen MR) is 102 cm³/mol. The molecule has 2 atom stereocenters. The van der Waals surface area contributed by atoms with Crippen LogP contribution in [0.1, 0.15) is 55.7 Å². The van der Waals surface area contributed by atoms with Gasteiger partial charge in [0.05, 0.1) is 35.5 Å². The molecule has 2 aliphatic heterocycles. The number of hydrogen-bond acceptors (Lipinski definition) is 7. The van der Waals surface area contributed by atoms with Gasteiger partial charge in [-0.2, -0.15) is 5.26 Å². The average molecular weight is 386 g/mol. The van der Waals surface area contributed by atoms with E-state index in [2.05, 4.69) is 16.0 Å². The van der Waals surface area contributed by atoms with Gasteiger partial charge < -0.3 is 19.3 Å². The fourth-order valence-electron chi connectivity index (χ4n) is 3.78. The van der Waals surface area contributed by atoms with Crippen LogP contribution in [0.15, 0.2) is 6.07 Å². The topological polar surface area (TPSA) is 95.8 Å². The number of aromatic nitrogens is 1. The van der Waals surface area contributed by atoms with Crippen LogP contribution in [0.3, 0.4) is 0 Å². The first kappa shape index (κ1) is 19.9. The molecule has 2 saturated heterocycles. The van der Waals surface area contributed by atoms with Crippen LogP contribution in [0, 0.1) is 18.3 Å². The highest BCUT2D eigenvalue weighted by atomic mass is 16.6. The summed E-state index contributed by atoms with van der Waals surface area (Å²) in [5, 5.41) is 9.59. The number of pyridine rings is 1. The molecule has 0 saturated carbocycles. The number of esters is 1. The Hall–Kier alpha value is -2.82. The maximum absolute atomic E-state index is 12.4. The van der Waals surface area contributed by atoms with Crippen molar-refractivity contribution in [2.45, 2.75) is 58.7 Å². The van der Waals surface area contributed by atoms with Gasteiger partial charge in [-0.3, -0.25) is 0 Å². The van der Waals surface area contributed by atoms with E-state index in [1.54, 1.807) is 24.8 Å². The summed E-state index contributed by atoms with van der Waals surface area (Å²) in [5.41, 5.74) is 0.639. The van der Waals surface area contributed by atoms with Crippen molar-refractivity contribution in [1.29, 1.82) is 5.26 Å². The number of carbonyl (C=O) groups is 2. The Morgan fingerprint density at radius 1 is 1.32 bits per heavy atom. The molecule has 28 heavy (non-hydrogen) atoms. The van der Waals surface area contributed by atoms with Gasteiger partial charge in [-0.05, 0) is 47.1 Å². The molecule has 1 aromatic rings. The molecule has 150 valence electrons. The van der Waals surface area contributed by atoms with E-state index in [4.69, 9.17) is 9.47 Å². The van der Waals surface area contributed by atoms with Gasteiger partial charge in [-0.1, -0.05) is 0 Å². The summed E-state index contributed by atoms with van der Waals surface area (Å²) in [7, 11) is 0. The zero-order valence-corrected chi connectivity index (χ0v) is 17.0. The molecule has 1 amide bonds. The molecule has 0 spiro atoms. The second-order valence-electron chi connectivity index (χ2n) is 8.15. The number of fused-ring (bicyclic) bond motifs is 2. The van der Waals surface area contributed by atoms with Gasteiger partial charge in [-0.15, -0.1) is 0 Å². The first-order chi connectivity index (χ1) is 13.1. The molecule has 0 N–H and O–H groups in total. The minimum absolute atomic E-state index is 0.0261. The Bertz CT molecular complexity index is 840. The van der Waals surface area contributed by atoms with Crippen molar-refractivity contribution in [3.8, 4) is 6.07 Å². The zero-order chi connectivity index (χ0) is 20.6. The maximum Gasteiger partial charge on any atom is 0.410 e. The van der Waals surface area contributed by atoms with Crippen molar-refractivity contribution in [3.63, 3.8) is 0 Å². The summed E-state index contributed by atoms with van der Waals surface area (Å²) in [6.45, 7) is 10.4. The second kappa shape index (κ2) is 7.30. The first-order valence-corrected chi connectivity index (χ1v) is 9.49. The Morgan fingerprint density at radius 2 is 2.04 bits per heavy atom. The number of rotatable bonds is 3. The Kier molecular flexibility index (Phi) is 5.20. The molecule has 3 heterocycles. The average Bonchev–Trinajstić information content (AvgIpc) is 3.20. The molecule has 8 heteroatoms. The molecule has 0 aliphatic carbocycles. The largest absolute Gasteiger partial charge is 0.462 e. The Labute approximate surface area is 165 Å². The van der Waals surface area contributed by atoms with Crippen LogP contribution in [-0.4, -0.2) is 59.3 Å². The van der Waals surface area contributed by atoms with E-state index in [1.807, 2.05) is 20.8 Å². The summed E-state index contributed by atoms with van der Waals surface area (Å²) in [4.78, 5) is 32.9. The number of ether oxygens (including phenoxy) is 2. The standard InChI is InChI=1S/C20H26N4O4/c1-6-27-18(25)16-7-13(9-21)17(22-12(16)2)23-10-15-8-14(23)11-24(15)19(26)28-20(3,4)5/h7,14-15H,6,8,10-11H2,1-5H3/t14-,15-/m0/s1. The zero-order valence-electron chi connectivity index (χ0n) is 17.0. The van der Waals surface area contributed by atoms with Crippen molar-refractivity contribution in [2.75, 3.05) is 24.6 Å². The van der Waals surface area contributed by atoms with E-state index in [0.717, 1.165) is 6.42 Å². The smallest absolute Gasteiger partial charge is 0.410 e. The number of anilines is 1. The number of hydrogen-bond donors (Lipinski definition) is 0. The van der Waals surface area contributed by atoms with Crippen molar-refractivity contribution in [2.24, 2.45) is 0 Å². The lowest BCUT2D eigenvalue weighted by molar-refractivity contribution is 0.0214. The van der Waals surface area contributed by atoms with Gasteiger partial charge in [-0.25, -0.2) is 14.6 Å². The van der Waals surface area contributed by atoms with Gasteiger partial charge in [0.1, 0.15) is 17.5 Å². The third-order valence-corrected chi connectivity index (χ3v) is 4.95. The van der Waals surface area contributed by atoms with Gasteiger partial charge in [0.25, 0.3) is 0 Å². The van der Waals surface area contributed by atoms with E-state index in [9.17, 15) is 14.9 Å². The summed E-state index contributed by atoms with van der Waals surface area (Å²) in [6, 6.07) is 3.79. The van der Waals surface area contributed by atoms with E-state index in [1.165, 1.54) is 0 Å².